The third-order valence-electron chi connectivity index (χ3n) is 4.72. The van der Waals surface area contributed by atoms with Gasteiger partial charge in [-0.1, -0.05) is 30.7 Å². The Morgan fingerprint density at radius 3 is 2.72 bits per heavy atom. The van der Waals surface area contributed by atoms with E-state index in [-0.39, 0.29) is 11.7 Å². The number of hydrogen-bond donors (Lipinski definition) is 2. The Hall–Kier alpha value is -1.73. The minimum absolute atomic E-state index is 0.0603. The number of amides is 4. The molecule has 2 fully saturated rings. The first-order chi connectivity index (χ1) is 11.9. The molecule has 0 aromatic heterocycles. The van der Waals surface area contributed by atoms with E-state index in [2.05, 4.69) is 17.7 Å². The highest BCUT2D eigenvalue weighted by molar-refractivity contribution is 8.00. The molecule has 2 aliphatic rings. The number of thioether (sulfide) groups is 1. The van der Waals surface area contributed by atoms with E-state index in [1.54, 1.807) is 6.07 Å². The lowest BCUT2D eigenvalue weighted by molar-refractivity contribution is -0.139. The molecule has 134 valence electrons. The zero-order valence-corrected chi connectivity index (χ0v) is 15.5. The maximum absolute atomic E-state index is 12.7. The van der Waals surface area contributed by atoms with E-state index in [9.17, 15) is 14.4 Å². The smallest absolute Gasteiger partial charge is 0.322 e. The van der Waals surface area contributed by atoms with Crippen LogP contribution in [0.5, 0.6) is 0 Å². The number of hydrazine groups is 1. The maximum atomic E-state index is 12.7. The molecule has 6 nitrogen and oxygen atoms in total. The molecular formula is C17H20ClN3O3S. The first-order valence-corrected chi connectivity index (χ1v) is 9.61. The molecule has 1 heterocycles. The molecule has 1 aliphatic carbocycles. The molecule has 2 N–H and O–H groups in total. The van der Waals surface area contributed by atoms with Crippen molar-refractivity contribution in [3.8, 4) is 0 Å². The molecule has 1 saturated heterocycles. The van der Waals surface area contributed by atoms with Crippen molar-refractivity contribution in [1.82, 2.24) is 15.8 Å². The van der Waals surface area contributed by atoms with Crippen LogP contribution in [-0.4, -0.2) is 34.1 Å². The van der Waals surface area contributed by atoms with E-state index >= 15 is 0 Å². The van der Waals surface area contributed by atoms with Gasteiger partial charge < -0.3 is 5.32 Å². The Morgan fingerprint density at radius 2 is 2.04 bits per heavy atom. The summed E-state index contributed by atoms with van der Waals surface area (Å²) in [6.45, 7) is 2.14. The second-order valence-corrected chi connectivity index (χ2v) is 8.01. The van der Waals surface area contributed by atoms with E-state index < -0.39 is 17.5 Å². The molecule has 1 aromatic carbocycles. The van der Waals surface area contributed by atoms with Gasteiger partial charge in [0.25, 0.3) is 5.91 Å². The van der Waals surface area contributed by atoms with Crippen LogP contribution < -0.4 is 10.7 Å². The zero-order chi connectivity index (χ0) is 18.0. The van der Waals surface area contributed by atoms with Crippen molar-refractivity contribution >= 4 is 41.2 Å². The van der Waals surface area contributed by atoms with Gasteiger partial charge in [-0.25, -0.2) is 4.79 Å². The lowest BCUT2D eigenvalue weighted by Crippen LogP contribution is -2.51. The van der Waals surface area contributed by atoms with Crippen molar-refractivity contribution in [2.45, 2.75) is 43.0 Å². The molecule has 8 heteroatoms. The van der Waals surface area contributed by atoms with Crippen LogP contribution in [0.2, 0.25) is 5.02 Å². The van der Waals surface area contributed by atoms with Crippen LogP contribution in [0.4, 0.5) is 4.79 Å². The first kappa shape index (κ1) is 18.1. The lowest BCUT2D eigenvalue weighted by atomic mass is 9.77. The van der Waals surface area contributed by atoms with Gasteiger partial charge in [-0.15, -0.1) is 11.8 Å². The van der Waals surface area contributed by atoms with Gasteiger partial charge in [-0.3, -0.25) is 15.0 Å². The summed E-state index contributed by atoms with van der Waals surface area (Å²) in [6, 6.07) is 6.64. The minimum atomic E-state index is -0.854. The van der Waals surface area contributed by atoms with Crippen molar-refractivity contribution in [2.24, 2.45) is 5.92 Å². The standard InChI is InChI=1S/C17H20ClN3O3S/c1-11-6-8-17(9-7-11)15(23)21(16(24)19-17)20-14(22)10-25-13-5-3-2-4-12(13)18/h2-5,11H,6-10H2,1H3,(H,19,24)(H,20,22). The molecule has 0 bridgehead atoms. The highest BCUT2D eigenvalue weighted by atomic mass is 35.5. The Balaban J connectivity index is 1.59. The summed E-state index contributed by atoms with van der Waals surface area (Å²) in [5.41, 5.74) is 1.57. The second-order valence-electron chi connectivity index (χ2n) is 6.59. The Labute approximate surface area is 155 Å². The Bertz CT molecular complexity index is 704. The molecule has 3 rings (SSSR count). The topological polar surface area (TPSA) is 78.5 Å². The van der Waals surface area contributed by atoms with Crippen LogP contribution >= 0.6 is 23.4 Å². The van der Waals surface area contributed by atoms with Gasteiger partial charge in [0, 0.05) is 4.90 Å². The predicted molar refractivity (Wildman–Crippen MR) is 96.1 cm³/mol. The average molecular weight is 382 g/mol. The third-order valence-corrected chi connectivity index (χ3v) is 6.24. The van der Waals surface area contributed by atoms with Crippen LogP contribution in [0.3, 0.4) is 0 Å². The van der Waals surface area contributed by atoms with Crippen LogP contribution in [0.15, 0.2) is 29.2 Å². The van der Waals surface area contributed by atoms with Gasteiger partial charge in [-0.2, -0.15) is 5.01 Å². The number of benzene rings is 1. The monoisotopic (exact) mass is 381 g/mol. The summed E-state index contributed by atoms with van der Waals surface area (Å²) < 4.78 is 0. The summed E-state index contributed by atoms with van der Waals surface area (Å²) in [5.74, 6) is -0.175. The number of halogens is 1. The summed E-state index contributed by atoms with van der Waals surface area (Å²) >= 11 is 7.31. The molecule has 0 unspecified atom stereocenters. The van der Waals surface area contributed by atoms with Crippen molar-refractivity contribution in [3.05, 3.63) is 29.3 Å². The highest BCUT2D eigenvalue weighted by Crippen LogP contribution is 2.35. The fourth-order valence-corrected chi connectivity index (χ4v) is 4.21. The summed E-state index contributed by atoms with van der Waals surface area (Å²) in [7, 11) is 0. The van der Waals surface area contributed by atoms with E-state index in [4.69, 9.17) is 11.6 Å². The summed E-state index contributed by atoms with van der Waals surface area (Å²) in [5, 5.41) is 4.16. The molecule has 1 saturated carbocycles. The number of hydrogen-bond acceptors (Lipinski definition) is 4. The van der Waals surface area contributed by atoms with E-state index in [0.717, 1.165) is 22.7 Å². The number of urea groups is 1. The van der Waals surface area contributed by atoms with Gasteiger partial charge in [0.15, 0.2) is 0 Å². The number of nitrogens with one attached hydrogen (secondary N) is 2. The SMILES string of the molecule is CC1CCC2(CC1)NC(=O)N(NC(=O)CSc1ccccc1Cl)C2=O. The van der Waals surface area contributed by atoms with Crippen molar-refractivity contribution in [1.29, 1.82) is 0 Å². The largest absolute Gasteiger partial charge is 0.344 e. The molecule has 1 spiro atoms. The van der Waals surface area contributed by atoms with Gasteiger partial charge in [0.1, 0.15) is 5.54 Å². The third kappa shape index (κ3) is 3.77. The van der Waals surface area contributed by atoms with Crippen LogP contribution in [0.25, 0.3) is 0 Å². The maximum Gasteiger partial charge on any atom is 0.344 e. The number of imide groups is 1. The summed E-state index contributed by atoms with van der Waals surface area (Å²) in [4.78, 5) is 37.7. The van der Waals surface area contributed by atoms with Gasteiger partial charge in [0.2, 0.25) is 5.91 Å². The Morgan fingerprint density at radius 1 is 1.36 bits per heavy atom. The van der Waals surface area contributed by atoms with Crippen molar-refractivity contribution < 1.29 is 14.4 Å². The number of carbonyl (C=O) groups is 3. The summed E-state index contributed by atoms with van der Waals surface area (Å²) in [6.07, 6.45) is 2.99. The average Bonchev–Trinajstić information content (AvgIpc) is 2.81. The van der Waals surface area contributed by atoms with Gasteiger partial charge in [0.05, 0.1) is 10.8 Å². The Kier molecular flexibility index (Phi) is 5.24. The van der Waals surface area contributed by atoms with Crippen LogP contribution in [-0.2, 0) is 9.59 Å². The lowest BCUT2D eigenvalue weighted by Gasteiger charge is -2.33. The molecule has 1 aromatic rings. The van der Waals surface area contributed by atoms with E-state index in [1.807, 2.05) is 18.2 Å². The fourth-order valence-electron chi connectivity index (χ4n) is 3.18. The van der Waals surface area contributed by atoms with E-state index in [1.165, 1.54) is 11.8 Å². The molecule has 1 aliphatic heterocycles. The van der Waals surface area contributed by atoms with Gasteiger partial charge >= 0.3 is 6.03 Å². The molecule has 0 radical (unpaired) electrons. The second kappa shape index (κ2) is 7.25. The molecular weight excluding hydrogens is 362 g/mol. The van der Waals surface area contributed by atoms with Crippen molar-refractivity contribution in [2.75, 3.05) is 5.75 Å². The quantitative estimate of drug-likeness (QED) is 0.620. The molecule has 0 atom stereocenters. The fraction of sp³-hybridized carbons (Fsp3) is 0.471. The van der Waals surface area contributed by atoms with Crippen molar-refractivity contribution in [3.63, 3.8) is 0 Å². The van der Waals surface area contributed by atoms with Crippen LogP contribution in [0, 0.1) is 5.92 Å². The highest BCUT2D eigenvalue weighted by Gasteiger charge is 2.52. The molecule has 25 heavy (non-hydrogen) atoms. The normalized spacial score (nSPS) is 26.0. The van der Waals surface area contributed by atoms with E-state index in [0.29, 0.717) is 23.8 Å². The first-order valence-electron chi connectivity index (χ1n) is 8.25. The molecule has 4 amide bonds. The number of carbonyl (C=O) groups excluding carboxylic acids is 3. The predicted octanol–water partition coefficient (Wildman–Crippen LogP) is 2.96. The van der Waals surface area contributed by atoms with Crippen LogP contribution in [0.1, 0.15) is 32.6 Å². The van der Waals surface area contributed by atoms with Gasteiger partial charge in [-0.05, 0) is 43.7 Å². The zero-order valence-electron chi connectivity index (χ0n) is 13.9. The minimum Gasteiger partial charge on any atom is -0.322 e. The number of rotatable bonds is 4. The number of nitrogens with zero attached hydrogens (tertiary/aromatic N) is 1.